The Balaban J connectivity index is 2.11. The van der Waals surface area contributed by atoms with Crippen LogP contribution in [0.5, 0.6) is 0 Å². The van der Waals surface area contributed by atoms with Gasteiger partial charge in [-0.05, 0) is 30.7 Å². The first-order valence-corrected chi connectivity index (χ1v) is 7.56. The van der Waals surface area contributed by atoms with E-state index in [4.69, 9.17) is 5.73 Å². The average molecular weight is 310 g/mol. The third kappa shape index (κ3) is 2.93. The highest BCUT2D eigenvalue weighted by Gasteiger charge is 2.15. The summed E-state index contributed by atoms with van der Waals surface area (Å²) in [6.45, 7) is 2.71. The zero-order valence-corrected chi connectivity index (χ0v) is 12.8. The predicted molar refractivity (Wildman–Crippen MR) is 90.1 cm³/mol. The first-order chi connectivity index (χ1) is 11.1. The van der Waals surface area contributed by atoms with Crippen molar-refractivity contribution in [2.45, 2.75) is 25.9 Å². The third-order valence-corrected chi connectivity index (χ3v) is 3.93. The molecule has 1 atom stereocenters. The van der Waals surface area contributed by atoms with Crippen LogP contribution in [-0.4, -0.2) is 20.5 Å². The number of nitrogens with zero attached hydrogens (tertiary/aromatic N) is 3. The normalized spacial score (nSPS) is 12.4. The van der Waals surface area contributed by atoms with Gasteiger partial charge in [0.25, 0.3) is 5.69 Å². The first-order valence-electron chi connectivity index (χ1n) is 7.56. The largest absolute Gasteiger partial charge is 0.326 e. The Morgan fingerprint density at radius 2 is 1.91 bits per heavy atom. The number of aromatic nitrogens is 2. The van der Waals surface area contributed by atoms with E-state index in [9.17, 15) is 10.1 Å². The number of imidazole rings is 1. The number of hydrogen-bond donors (Lipinski definition) is 1. The van der Waals surface area contributed by atoms with Gasteiger partial charge in [0.05, 0.1) is 16.0 Å². The summed E-state index contributed by atoms with van der Waals surface area (Å²) >= 11 is 0. The van der Waals surface area contributed by atoms with Crippen LogP contribution >= 0.6 is 0 Å². The molecule has 0 spiro atoms. The lowest BCUT2D eigenvalue weighted by Crippen LogP contribution is -2.25. The van der Waals surface area contributed by atoms with Crippen LogP contribution in [-0.2, 0) is 6.54 Å². The fourth-order valence-corrected chi connectivity index (χ4v) is 2.58. The summed E-state index contributed by atoms with van der Waals surface area (Å²) in [7, 11) is 0. The van der Waals surface area contributed by atoms with Crippen molar-refractivity contribution in [3.63, 3.8) is 0 Å². The van der Waals surface area contributed by atoms with E-state index in [1.54, 1.807) is 12.1 Å². The number of hydrogen-bond acceptors (Lipinski definition) is 4. The van der Waals surface area contributed by atoms with Crippen LogP contribution in [0.4, 0.5) is 5.69 Å². The van der Waals surface area contributed by atoms with Gasteiger partial charge in [-0.25, -0.2) is 4.98 Å². The second-order valence-electron chi connectivity index (χ2n) is 5.51. The van der Waals surface area contributed by atoms with Crippen LogP contribution in [0.25, 0.3) is 22.4 Å². The first kappa shape index (κ1) is 15.2. The van der Waals surface area contributed by atoms with E-state index in [-0.39, 0.29) is 11.7 Å². The summed E-state index contributed by atoms with van der Waals surface area (Å²) < 4.78 is 2.09. The van der Waals surface area contributed by atoms with Gasteiger partial charge < -0.3 is 10.3 Å². The van der Waals surface area contributed by atoms with Gasteiger partial charge in [-0.3, -0.25) is 10.1 Å². The summed E-state index contributed by atoms with van der Waals surface area (Å²) in [5.41, 5.74) is 8.95. The van der Waals surface area contributed by atoms with Crippen LogP contribution in [0.1, 0.15) is 13.3 Å². The molecule has 0 aliphatic carbocycles. The van der Waals surface area contributed by atoms with Crippen LogP contribution in [0.2, 0.25) is 0 Å². The monoisotopic (exact) mass is 310 g/mol. The molecule has 0 bridgehead atoms. The maximum absolute atomic E-state index is 10.8. The summed E-state index contributed by atoms with van der Waals surface area (Å²) in [5.74, 6) is 0.782. The molecule has 0 saturated carbocycles. The Hall–Kier alpha value is -2.73. The molecule has 2 aromatic carbocycles. The molecule has 0 fully saturated rings. The van der Waals surface area contributed by atoms with Crippen LogP contribution in [0.15, 0.2) is 48.5 Å². The summed E-state index contributed by atoms with van der Waals surface area (Å²) in [5, 5.41) is 10.8. The lowest BCUT2D eigenvalue weighted by atomic mass is 10.2. The van der Waals surface area contributed by atoms with Crippen LogP contribution < -0.4 is 5.73 Å². The van der Waals surface area contributed by atoms with Gasteiger partial charge in [0.15, 0.2) is 0 Å². The molecule has 0 amide bonds. The van der Waals surface area contributed by atoms with Crippen molar-refractivity contribution >= 4 is 16.7 Å². The minimum atomic E-state index is -0.403. The Labute approximate surface area is 133 Å². The Morgan fingerprint density at radius 3 is 2.57 bits per heavy atom. The van der Waals surface area contributed by atoms with E-state index in [0.29, 0.717) is 6.54 Å². The lowest BCUT2D eigenvalue weighted by molar-refractivity contribution is -0.384. The molecule has 1 heterocycles. The van der Waals surface area contributed by atoms with Crippen LogP contribution in [0, 0.1) is 10.1 Å². The van der Waals surface area contributed by atoms with Gasteiger partial charge in [0, 0.05) is 30.3 Å². The average Bonchev–Trinajstić information content (AvgIpc) is 2.93. The van der Waals surface area contributed by atoms with E-state index in [1.165, 1.54) is 12.1 Å². The van der Waals surface area contributed by atoms with E-state index in [2.05, 4.69) is 16.5 Å². The number of non-ortho nitro benzene ring substituents is 1. The quantitative estimate of drug-likeness (QED) is 0.578. The van der Waals surface area contributed by atoms with Crippen molar-refractivity contribution in [3.8, 4) is 11.4 Å². The highest BCUT2D eigenvalue weighted by atomic mass is 16.6. The standard InChI is InChI=1S/C17H18N4O2/c1-2-13(18)11-20-16-6-4-3-5-15(16)19-17(20)12-7-9-14(10-8-12)21(22)23/h3-10,13H,2,11,18H2,1H3. The molecule has 3 aromatic rings. The molecular weight excluding hydrogens is 292 g/mol. The van der Waals surface area contributed by atoms with E-state index in [0.717, 1.165) is 28.8 Å². The minimum Gasteiger partial charge on any atom is -0.326 e. The zero-order valence-electron chi connectivity index (χ0n) is 12.8. The number of nitro benzene ring substituents is 1. The summed E-state index contributed by atoms with van der Waals surface area (Å²) in [6, 6.07) is 14.4. The molecule has 6 nitrogen and oxygen atoms in total. The van der Waals surface area contributed by atoms with Crippen molar-refractivity contribution < 1.29 is 4.92 Å². The van der Waals surface area contributed by atoms with Crippen molar-refractivity contribution in [2.75, 3.05) is 0 Å². The number of benzene rings is 2. The molecule has 23 heavy (non-hydrogen) atoms. The maximum atomic E-state index is 10.8. The molecule has 118 valence electrons. The van der Waals surface area contributed by atoms with E-state index >= 15 is 0 Å². The number of fused-ring (bicyclic) bond motifs is 1. The van der Waals surface area contributed by atoms with Gasteiger partial charge in [-0.1, -0.05) is 19.1 Å². The molecule has 3 rings (SSSR count). The number of rotatable bonds is 5. The van der Waals surface area contributed by atoms with Gasteiger partial charge in [-0.15, -0.1) is 0 Å². The molecular formula is C17H18N4O2. The topological polar surface area (TPSA) is 87.0 Å². The van der Waals surface area contributed by atoms with Crippen molar-refractivity contribution in [1.29, 1.82) is 0 Å². The smallest absolute Gasteiger partial charge is 0.269 e. The third-order valence-electron chi connectivity index (χ3n) is 3.93. The molecule has 0 radical (unpaired) electrons. The van der Waals surface area contributed by atoms with E-state index in [1.807, 2.05) is 24.3 Å². The Morgan fingerprint density at radius 1 is 1.22 bits per heavy atom. The second kappa shape index (κ2) is 6.18. The van der Waals surface area contributed by atoms with Crippen molar-refractivity contribution in [3.05, 3.63) is 58.6 Å². The minimum absolute atomic E-state index is 0.0319. The second-order valence-corrected chi connectivity index (χ2v) is 5.51. The molecule has 0 saturated heterocycles. The summed E-state index contributed by atoms with van der Waals surface area (Å²) in [4.78, 5) is 15.1. The van der Waals surface area contributed by atoms with Gasteiger partial charge in [0.1, 0.15) is 5.82 Å². The molecule has 6 heteroatoms. The zero-order chi connectivity index (χ0) is 16.4. The number of nitro groups is 1. The van der Waals surface area contributed by atoms with Gasteiger partial charge >= 0.3 is 0 Å². The lowest BCUT2D eigenvalue weighted by Gasteiger charge is -2.14. The highest BCUT2D eigenvalue weighted by molar-refractivity contribution is 5.80. The summed E-state index contributed by atoms with van der Waals surface area (Å²) in [6.07, 6.45) is 0.867. The molecule has 0 aliphatic rings. The fraction of sp³-hybridized carbons (Fsp3) is 0.235. The van der Waals surface area contributed by atoms with Gasteiger partial charge in [-0.2, -0.15) is 0 Å². The van der Waals surface area contributed by atoms with Crippen molar-refractivity contribution in [1.82, 2.24) is 9.55 Å². The molecule has 2 N–H and O–H groups in total. The predicted octanol–water partition coefficient (Wildman–Crippen LogP) is 3.35. The molecule has 1 aromatic heterocycles. The SMILES string of the molecule is CCC(N)Cn1c(-c2ccc([N+](=O)[O-])cc2)nc2ccccc21. The van der Waals surface area contributed by atoms with Gasteiger partial charge in [0.2, 0.25) is 0 Å². The highest BCUT2D eigenvalue weighted by Crippen LogP contribution is 2.26. The Bertz CT molecular complexity index is 839. The van der Waals surface area contributed by atoms with E-state index < -0.39 is 4.92 Å². The number of nitrogens with two attached hydrogens (primary N) is 1. The van der Waals surface area contributed by atoms with Crippen molar-refractivity contribution in [2.24, 2.45) is 5.73 Å². The number of para-hydroxylation sites is 2. The maximum Gasteiger partial charge on any atom is 0.269 e. The molecule has 0 aliphatic heterocycles. The fourth-order valence-electron chi connectivity index (χ4n) is 2.58. The Kier molecular flexibility index (Phi) is 4.08. The van der Waals surface area contributed by atoms with Crippen LogP contribution in [0.3, 0.4) is 0 Å². The molecule has 1 unspecified atom stereocenters.